The molecule has 7 heteroatoms. The topological polar surface area (TPSA) is 58.2 Å². The average molecular weight is 361 g/mol. The second kappa shape index (κ2) is 7.14. The number of hydrogen-bond acceptors (Lipinski definition) is 6. The number of hydrogen-bond donors (Lipinski definition) is 1. The molecule has 1 atom stereocenters. The van der Waals surface area contributed by atoms with E-state index >= 15 is 0 Å². The Bertz CT molecular complexity index is 850. The minimum absolute atomic E-state index is 0.0433. The monoisotopic (exact) mass is 361 g/mol. The van der Waals surface area contributed by atoms with Gasteiger partial charge in [-0.3, -0.25) is 9.69 Å². The Labute approximate surface area is 147 Å². The molecule has 0 bridgehead atoms. The molecule has 0 spiro atoms. The molecule has 24 heavy (non-hydrogen) atoms. The largest absolute Gasteiger partial charge is 0.377 e. The molecule has 1 aliphatic heterocycles. The molecular weight excluding hydrogens is 342 g/mol. The Hall–Kier alpha value is -1.54. The van der Waals surface area contributed by atoms with Gasteiger partial charge in [-0.15, -0.1) is 22.7 Å². The number of H-pyrrole nitrogens is 1. The van der Waals surface area contributed by atoms with Crippen LogP contribution in [0.4, 0.5) is 0 Å². The predicted octanol–water partition coefficient (Wildman–Crippen LogP) is 3.23. The first-order chi connectivity index (χ1) is 11.8. The molecule has 4 rings (SSSR count). The number of thiophene rings is 2. The minimum atomic E-state index is -0.0433. The van der Waals surface area contributed by atoms with E-state index < -0.39 is 0 Å². The summed E-state index contributed by atoms with van der Waals surface area (Å²) in [5.41, 5.74) is 0.741. The van der Waals surface area contributed by atoms with Gasteiger partial charge in [-0.2, -0.15) is 0 Å². The molecule has 0 saturated carbocycles. The van der Waals surface area contributed by atoms with Crippen LogP contribution < -0.4 is 5.56 Å². The smallest absolute Gasteiger partial charge is 0.268 e. The Morgan fingerprint density at radius 1 is 1.29 bits per heavy atom. The molecule has 5 nitrogen and oxygen atoms in total. The highest BCUT2D eigenvalue weighted by Gasteiger charge is 2.20. The highest BCUT2D eigenvalue weighted by atomic mass is 32.1. The molecule has 1 saturated heterocycles. The van der Waals surface area contributed by atoms with Crippen molar-refractivity contribution in [3.63, 3.8) is 0 Å². The Balaban J connectivity index is 1.55. The molecule has 126 valence electrons. The van der Waals surface area contributed by atoms with E-state index in [0.29, 0.717) is 11.2 Å². The van der Waals surface area contributed by atoms with E-state index in [1.165, 1.54) is 16.2 Å². The summed E-state index contributed by atoms with van der Waals surface area (Å²) in [5.74, 6) is 0.723. The van der Waals surface area contributed by atoms with E-state index in [9.17, 15) is 4.79 Å². The van der Waals surface area contributed by atoms with Crippen LogP contribution >= 0.6 is 22.7 Å². The summed E-state index contributed by atoms with van der Waals surface area (Å²) in [6.07, 6.45) is 2.52. The van der Waals surface area contributed by atoms with E-state index in [0.717, 1.165) is 43.9 Å². The quantitative estimate of drug-likeness (QED) is 0.732. The van der Waals surface area contributed by atoms with E-state index in [1.54, 1.807) is 11.3 Å². The third-order valence-corrected chi connectivity index (χ3v) is 5.95. The van der Waals surface area contributed by atoms with Crippen LogP contribution in [-0.2, 0) is 17.8 Å². The van der Waals surface area contributed by atoms with Crippen molar-refractivity contribution in [3.05, 3.63) is 50.0 Å². The van der Waals surface area contributed by atoms with Gasteiger partial charge in [0.25, 0.3) is 5.56 Å². The summed E-state index contributed by atoms with van der Waals surface area (Å²) in [6.45, 7) is 3.19. The van der Waals surface area contributed by atoms with Gasteiger partial charge in [0.15, 0.2) is 0 Å². The molecule has 0 amide bonds. The minimum Gasteiger partial charge on any atom is -0.377 e. The molecule has 1 fully saturated rings. The lowest BCUT2D eigenvalue weighted by Gasteiger charge is -2.24. The molecule has 1 N–H and O–H groups in total. The summed E-state index contributed by atoms with van der Waals surface area (Å²) in [5, 5.41) is 4.00. The summed E-state index contributed by atoms with van der Waals surface area (Å²) >= 11 is 3.19. The molecule has 0 radical (unpaired) electrons. The predicted molar refractivity (Wildman–Crippen MR) is 97.6 cm³/mol. The van der Waals surface area contributed by atoms with Crippen molar-refractivity contribution in [1.82, 2.24) is 14.9 Å². The number of nitrogens with zero attached hydrogens (tertiary/aromatic N) is 2. The summed E-state index contributed by atoms with van der Waals surface area (Å²) in [7, 11) is 0. The lowest BCUT2D eigenvalue weighted by Crippen LogP contribution is -2.32. The van der Waals surface area contributed by atoms with Gasteiger partial charge in [0.2, 0.25) is 0 Å². The second-order valence-electron chi connectivity index (χ2n) is 6.03. The van der Waals surface area contributed by atoms with Gasteiger partial charge in [-0.05, 0) is 35.7 Å². The zero-order chi connectivity index (χ0) is 16.4. The highest BCUT2D eigenvalue weighted by Crippen LogP contribution is 2.19. The molecule has 0 aliphatic carbocycles. The van der Waals surface area contributed by atoms with Crippen molar-refractivity contribution in [2.24, 2.45) is 0 Å². The van der Waals surface area contributed by atoms with Crippen LogP contribution in [0.15, 0.2) is 33.8 Å². The molecule has 3 aromatic heterocycles. The second-order valence-corrected chi connectivity index (χ2v) is 7.98. The van der Waals surface area contributed by atoms with E-state index in [-0.39, 0.29) is 11.7 Å². The van der Waals surface area contributed by atoms with Gasteiger partial charge in [0.05, 0.1) is 18.2 Å². The Morgan fingerprint density at radius 2 is 2.25 bits per heavy atom. The maximum Gasteiger partial charge on any atom is 0.268 e. The van der Waals surface area contributed by atoms with Crippen LogP contribution in [0.2, 0.25) is 0 Å². The molecule has 1 aliphatic rings. The third-order valence-electron chi connectivity index (χ3n) is 4.18. The molecule has 3 aromatic rings. The van der Waals surface area contributed by atoms with Crippen molar-refractivity contribution in [2.45, 2.75) is 32.0 Å². The van der Waals surface area contributed by atoms with Crippen molar-refractivity contribution < 1.29 is 4.74 Å². The molecule has 0 unspecified atom stereocenters. The number of fused-ring (bicyclic) bond motifs is 1. The van der Waals surface area contributed by atoms with Crippen LogP contribution in [0.3, 0.4) is 0 Å². The van der Waals surface area contributed by atoms with Crippen LogP contribution in [0.1, 0.15) is 23.5 Å². The average Bonchev–Trinajstić information content (AvgIpc) is 3.28. The molecular formula is C17H19N3O2S2. The summed E-state index contributed by atoms with van der Waals surface area (Å²) in [6, 6.07) is 6.12. The van der Waals surface area contributed by atoms with Gasteiger partial charge < -0.3 is 9.72 Å². The van der Waals surface area contributed by atoms with Crippen molar-refractivity contribution in [3.8, 4) is 0 Å². The zero-order valence-electron chi connectivity index (χ0n) is 13.2. The first kappa shape index (κ1) is 16.0. The van der Waals surface area contributed by atoms with Crippen molar-refractivity contribution >= 4 is 32.9 Å². The van der Waals surface area contributed by atoms with Crippen LogP contribution in [0.25, 0.3) is 10.2 Å². The SMILES string of the molecule is O=c1[nH]c(CN(Cc2cccs2)C[C@@H]2CCCO2)nc2ccsc12. The first-order valence-electron chi connectivity index (χ1n) is 8.11. The van der Waals surface area contributed by atoms with Gasteiger partial charge in [-0.1, -0.05) is 6.07 Å². The number of ether oxygens (including phenoxy) is 1. The number of rotatable bonds is 6. The number of aromatic nitrogens is 2. The summed E-state index contributed by atoms with van der Waals surface area (Å²) < 4.78 is 6.49. The Kier molecular flexibility index (Phi) is 4.75. The maximum absolute atomic E-state index is 12.2. The number of aromatic amines is 1. The van der Waals surface area contributed by atoms with Crippen LogP contribution in [-0.4, -0.2) is 34.1 Å². The lowest BCUT2D eigenvalue weighted by molar-refractivity contribution is 0.0674. The van der Waals surface area contributed by atoms with E-state index in [2.05, 4.69) is 32.4 Å². The fourth-order valence-electron chi connectivity index (χ4n) is 3.09. The standard InChI is InChI=1S/C17H19N3O2S2/c21-17-16-14(5-8-24-16)18-15(19-17)11-20(9-12-3-1-6-22-12)10-13-4-2-7-23-13/h2,4-5,7-8,12H,1,3,6,9-11H2,(H,18,19,21)/t12-/m0/s1. The first-order valence-corrected chi connectivity index (χ1v) is 9.86. The summed E-state index contributed by atoms with van der Waals surface area (Å²) in [4.78, 5) is 23.4. The normalized spacial score (nSPS) is 18.0. The lowest BCUT2D eigenvalue weighted by atomic mass is 10.2. The molecule has 0 aromatic carbocycles. The fraction of sp³-hybridized carbons (Fsp3) is 0.412. The highest BCUT2D eigenvalue weighted by molar-refractivity contribution is 7.17. The van der Waals surface area contributed by atoms with Gasteiger partial charge >= 0.3 is 0 Å². The van der Waals surface area contributed by atoms with Crippen molar-refractivity contribution in [1.29, 1.82) is 0 Å². The van der Waals surface area contributed by atoms with E-state index in [4.69, 9.17) is 4.74 Å². The molecule has 4 heterocycles. The van der Waals surface area contributed by atoms with Gasteiger partial charge in [-0.25, -0.2) is 4.98 Å². The van der Waals surface area contributed by atoms with Gasteiger partial charge in [0, 0.05) is 24.6 Å². The van der Waals surface area contributed by atoms with Crippen LogP contribution in [0.5, 0.6) is 0 Å². The maximum atomic E-state index is 12.2. The van der Waals surface area contributed by atoms with Crippen molar-refractivity contribution in [2.75, 3.05) is 13.2 Å². The zero-order valence-corrected chi connectivity index (χ0v) is 14.9. The van der Waals surface area contributed by atoms with Gasteiger partial charge in [0.1, 0.15) is 10.5 Å². The number of nitrogens with one attached hydrogen (secondary N) is 1. The Morgan fingerprint density at radius 3 is 3.04 bits per heavy atom. The fourth-order valence-corrected chi connectivity index (χ4v) is 4.56. The van der Waals surface area contributed by atoms with Crippen LogP contribution in [0, 0.1) is 0 Å². The van der Waals surface area contributed by atoms with E-state index in [1.807, 2.05) is 11.4 Å². The third kappa shape index (κ3) is 3.59.